The molecular formula is C20H20FNO3. The van der Waals surface area contributed by atoms with E-state index < -0.39 is 23.2 Å². The normalized spacial score (nSPS) is 22.8. The van der Waals surface area contributed by atoms with Crippen LogP contribution in [-0.4, -0.2) is 27.9 Å². The minimum atomic E-state index is -1.13. The molecule has 0 spiro atoms. The number of carboxylic acids is 1. The Morgan fingerprint density at radius 1 is 1.16 bits per heavy atom. The fraction of sp³-hybridized carbons (Fsp3) is 0.300. The molecule has 0 bridgehead atoms. The molecule has 4 nitrogen and oxygen atoms in total. The summed E-state index contributed by atoms with van der Waals surface area (Å²) in [4.78, 5) is 27.0. The van der Waals surface area contributed by atoms with Gasteiger partial charge in [0.15, 0.2) is 0 Å². The topological polar surface area (TPSA) is 57.6 Å². The summed E-state index contributed by atoms with van der Waals surface area (Å²) >= 11 is 0. The molecule has 1 N–H and O–H groups in total. The number of carbonyl (C=O) groups excluding carboxylic acids is 1. The van der Waals surface area contributed by atoms with Crippen LogP contribution in [0.5, 0.6) is 0 Å². The third kappa shape index (κ3) is 2.51. The van der Waals surface area contributed by atoms with Crippen molar-refractivity contribution in [2.24, 2.45) is 0 Å². The highest BCUT2D eigenvalue weighted by atomic mass is 19.1. The first kappa shape index (κ1) is 17.1. The van der Waals surface area contributed by atoms with Gasteiger partial charge < -0.3 is 10.0 Å². The fourth-order valence-electron chi connectivity index (χ4n) is 3.96. The zero-order chi connectivity index (χ0) is 18.4. The van der Waals surface area contributed by atoms with Gasteiger partial charge in [-0.15, -0.1) is 0 Å². The molecule has 0 radical (unpaired) electrons. The van der Waals surface area contributed by atoms with Crippen LogP contribution in [0.1, 0.15) is 48.2 Å². The number of carbonyl (C=O) groups is 2. The zero-order valence-electron chi connectivity index (χ0n) is 14.4. The van der Waals surface area contributed by atoms with Crippen LogP contribution in [-0.2, 0) is 10.3 Å². The number of amides is 1. The summed E-state index contributed by atoms with van der Waals surface area (Å²) in [6.07, 6.45) is 0. The van der Waals surface area contributed by atoms with Crippen LogP contribution in [0, 0.1) is 5.82 Å². The van der Waals surface area contributed by atoms with Gasteiger partial charge in [-0.2, -0.15) is 0 Å². The molecule has 2 atom stereocenters. The molecule has 2 aromatic rings. The van der Waals surface area contributed by atoms with Crippen molar-refractivity contribution in [2.75, 3.05) is 0 Å². The zero-order valence-corrected chi connectivity index (χ0v) is 14.4. The van der Waals surface area contributed by atoms with Crippen molar-refractivity contribution in [3.05, 3.63) is 71.0 Å². The van der Waals surface area contributed by atoms with Crippen LogP contribution in [0.4, 0.5) is 4.39 Å². The number of benzene rings is 2. The molecule has 5 heteroatoms. The van der Waals surface area contributed by atoms with Gasteiger partial charge in [-0.25, -0.2) is 4.39 Å². The molecule has 1 amide bonds. The third-order valence-electron chi connectivity index (χ3n) is 4.98. The first-order valence-electron chi connectivity index (χ1n) is 8.20. The average molecular weight is 341 g/mol. The van der Waals surface area contributed by atoms with E-state index in [1.165, 1.54) is 12.1 Å². The van der Waals surface area contributed by atoms with E-state index in [1.807, 2.05) is 13.8 Å². The predicted molar refractivity (Wildman–Crippen MR) is 91.9 cm³/mol. The van der Waals surface area contributed by atoms with Gasteiger partial charge in [0.2, 0.25) is 0 Å². The maximum Gasteiger partial charge on any atom is 0.313 e. The lowest BCUT2D eigenvalue weighted by Gasteiger charge is -2.51. The second-order valence-electron chi connectivity index (χ2n) is 6.78. The summed E-state index contributed by atoms with van der Waals surface area (Å²) in [7, 11) is 0. The molecule has 0 saturated heterocycles. The number of hydrogen-bond acceptors (Lipinski definition) is 2. The van der Waals surface area contributed by atoms with E-state index in [-0.39, 0.29) is 11.9 Å². The molecule has 130 valence electrons. The number of nitrogens with zero attached hydrogens (tertiary/aromatic N) is 1. The Morgan fingerprint density at radius 2 is 1.76 bits per heavy atom. The Hall–Kier alpha value is -2.69. The number of carboxylic acid groups (broad SMARTS) is 1. The molecule has 3 rings (SSSR count). The van der Waals surface area contributed by atoms with Crippen LogP contribution < -0.4 is 0 Å². The summed E-state index contributed by atoms with van der Waals surface area (Å²) in [6.45, 7) is 5.45. The molecule has 2 unspecified atom stereocenters. The van der Waals surface area contributed by atoms with Gasteiger partial charge in [0.25, 0.3) is 5.91 Å². The van der Waals surface area contributed by atoms with Gasteiger partial charge in [-0.1, -0.05) is 30.3 Å². The molecule has 2 aromatic carbocycles. The van der Waals surface area contributed by atoms with Crippen molar-refractivity contribution < 1.29 is 19.1 Å². The predicted octanol–water partition coefficient (Wildman–Crippen LogP) is 3.77. The summed E-state index contributed by atoms with van der Waals surface area (Å²) < 4.78 is 13.4. The number of rotatable bonds is 3. The van der Waals surface area contributed by atoms with Gasteiger partial charge in [0, 0.05) is 11.6 Å². The molecule has 0 aliphatic carbocycles. The molecule has 0 saturated carbocycles. The van der Waals surface area contributed by atoms with Crippen molar-refractivity contribution in [3.63, 3.8) is 0 Å². The van der Waals surface area contributed by atoms with E-state index in [1.54, 1.807) is 48.2 Å². The van der Waals surface area contributed by atoms with E-state index in [9.17, 15) is 19.1 Å². The summed E-state index contributed by atoms with van der Waals surface area (Å²) in [5.41, 5.74) is 0.365. The highest BCUT2D eigenvalue weighted by Gasteiger charge is 2.53. The third-order valence-corrected chi connectivity index (χ3v) is 4.98. The van der Waals surface area contributed by atoms with Gasteiger partial charge in [-0.3, -0.25) is 9.59 Å². The molecular weight excluding hydrogens is 321 g/mol. The lowest BCUT2D eigenvalue weighted by molar-refractivity contribution is -0.143. The number of fused-ring (bicyclic) bond motifs is 1. The van der Waals surface area contributed by atoms with E-state index in [0.717, 1.165) is 0 Å². The summed E-state index contributed by atoms with van der Waals surface area (Å²) in [5, 5.41) is 10.0. The Labute approximate surface area is 145 Å². The van der Waals surface area contributed by atoms with E-state index in [0.29, 0.717) is 16.7 Å². The molecule has 0 fully saturated rings. The molecule has 0 aromatic heterocycles. The van der Waals surface area contributed by atoms with E-state index in [2.05, 4.69) is 0 Å². The van der Waals surface area contributed by atoms with Crippen molar-refractivity contribution in [2.45, 2.75) is 38.3 Å². The van der Waals surface area contributed by atoms with Gasteiger partial charge >= 0.3 is 5.97 Å². The number of halogens is 1. The standard InChI is InChI=1S/C20H20FNO3/c1-12(2)22-18(23)16-7-5-4-6-15(16)17(19(24)25)20(22,3)13-8-10-14(21)11-9-13/h4-12,17H,1-3H3,(H,24,25). The highest BCUT2D eigenvalue weighted by Crippen LogP contribution is 2.48. The average Bonchev–Trinajstić information content (AvgIpc) is 2.54. The quantitative estimate of drug-likeness (QED) is 0.924. The molecule has 1 heterocycles. The largest absolute Gasteiger partial charge is 0.481 e. The Balaban J connectivity index is 2.34. The Kier molecular flexibility index (Phi) is 4.11. The Bertz CT molecular complexity index is 831. The van der Waals surface area contributed by atoms with Gasteiger partial charge in [0.1, 0.15) is 11.7 Å². The second kappa shape index (κ2) is 5.99. The van der Waals surface area contributed by atoms with Crippen molar-refractivity contribution in [3.8, 4) is 0 Å². The lowest BCUT2D eigenvalue weighted by Crippen LogP contribution is -2.59. The van der Waals surface area contributed by atoms with Crippen molar-refractivity contribution >= 4 is 11.9 Å². The van der Waals surface area contributed by atoms with Crippen LogP contribution in [0.2, 0.25) is 0 Å². The first-order valence-corrected chi connectivity index (χ1v) is 8.20. The maximum absolute atomic E-state index is 13.4. The molecule has 25 heavy (non-hydrogen) atoms. The molecule has 1 aliphatic rings. The Morgan fingerprint density at radius 3 is 2.32 bits per heavy atom. The first-order chi connectivity index (χ1) is 11.8. The van der Waals surface area contributed by atoms with Crippen LogP contribution in [0.25, 0.3) is 0 Å². The monoisotopic (exact) mass is 341 g/mol. The van der Waals surface area contributed by atoms with Crippen LogP contribution in [0.15, 0.2) is 48.5 Å². The van der Waals surface area contributed by atoms with Crippen molar-refractivity contribution in [1.82, 2.24) is 4.90 Å². The second-order valence-corrected chi connectivity index (χ2v) is 6.78. The maximum atomic E-state index is 13.4. The van der Waals surface area contributed by atoms with Crippen LogP contribution >= 0.6 is 0 Å². The smallest absolute Gasteiger partial charge is 0.313 e. The summed E-state index contributed by atoms with van der Waals surface area (Å²) in [6, 6.07) is 12.3. The summed E-state index contributed by atoms with van der Waals surface area (Å²) in [5.74, 6) is -2.58. The minimum Gasteiger partial charge on any atom is -0.481 e. The van der Waals surface area contributed by atoms with Gasteiger partial charge in [0.05, 0.1) is 5.54 Å². The lowest BCUT2D eigenvalue weighted by atomic mass is 9.69. The fourth-order valence-corrected chi connectivity index (χ4v) is 3.96. The molecule has 1 aliphatic heterocycles. The number of hydrogen-bond donors (Lipinski definition) is 1. The SMILES string of the molecule is CC(C)N1C(=O)c2ccccc2C(C(=O)O)C1(C)c1ccc(F)cc1. The highest BCUT2D eigenvalue weighted by molar-refractivity contribution is 6.01. The van der Waals surface area contributed by atoms with Crippen LogP contribution in [0.3, 0.4) is 0 Å². The van der Waals surface area contributed by atoms with Gasteiger partial charge in [-0.05, 0) is 50.1 Å². The minimum absolute atomic E-state index is 0.213. The van der Waals surface area contributed by atoms with E-state index >= 15 is 0 Å². The number of aliphatic carboxylic acids is 1. The van der Waals surface area contributed by atoms with Crippen molar-refractivity contribution in [1.29, 1.82) is 0 Å². The van der Waals surface area contributed by atoms with E-state index in [4.69, 9.17) is 0 Å².